The van der Waals surface area contributed by atoms with Gasteiger partial charge in [0.1, 0.15) is 11.2 Å². The minimum Gasteiger partial charge on any atom is -0.456 e. The van der Waals surface area contributed by atoms with Gasteiger partial charge in [-0.05, 0) is 140 Å². The maximum Gasteiger partial charge on any atom is 0.418 e. The largest absolute Gasteiger partial charge is 0.456 e. The van der Waals surface area contributed by atoms with Gasteiger partial charge in [-0.15, -0.1) is 0 Å². The van der Waals surface area contributed by atoms with Crippen molar-refractivity contribution in [2.24, 2.45) is 5.92 Å². The van der Waals surface area contributed by atoms with Gasteiger partial charge in [-0.1, -0.05) is 18.2 Å². The van der Waals surface area contributed by atoms with E-state index in [0.717, 1.165) is 59.9 Å². The fraction of sp³-hybridized carbons (Fsp3) is 0.556. The summed E-state index contributed by atoms with van der Waals surface area (Å²) in [7, 11) is 0. The van der Waals surface area contributed by atoms with Crippen LogP contribution in [0, 0.1) is 19.8 Å². The number of likely N-dealkylation sites (tertiary alicyclic amines) is 1. The lowest BCUT2D eigenvalue weighted by atomic mass is 9.77. The van der Waals surface area contributed by atoms with Crippen LogP contribution < -0.4 is 0 Å². The standard InChI is InChI=1S/C36H48F2N2O4/c1-23-21-24(2)32-29(15-20-40(32)34(42)44-36(6,7)8)30(23)22-27-13-17-39(19-16-31(37)38)18-14-28(27)25-9-11-26(12-10-25)33(41)43-35(3,4)5/h9-12,15,20-21,27-28,31H,13-14,16-19,22H2,1-8H3/t27-,28-/m0/s1. The van der Waals surface area contributed by atoms with E-state index in [-0.39, 0.29) is 24.2 Å². The second-order valence-electron chi connectivity index (χ2n) is 14.2. The number of fused-ring (bicyclic) bond motifs is 1. The van der Waals surface area contributed by atoms with Gasteiger partial charge in [0.25, 0.3) is 0 Å². The van der Waals surface area contributed by atoms with Gasteiger partial charge in [-0.25, -0.2) is 18.4 Å². The van der Waals surface area contributed by atoms with Crippen LogP contribution in [0.3, 0.4) is 0 Å². The molecule has 44 heavy (non-hydrogen) atoms. The van der Waals surface area contributed by atoms with Gasteiger partial charge in [0.05, 0.1) is 11.1 Å². The monoisotopic (exact) mass is 610 g/mol. The molecule has 0 saturated carbocycles. The molecule has 4 rings (SSSR count). The quantitative estimate of drug-likeness (QED) is 0.251. The van der Waals surface area contributed by atoms with Gasteiger partial charge in [0, 0.05) is 24.5 Å². The topological polar surface area (TPSA) is 60.8 Å². The van der Waals surface area contributed by atoms with Gasteiger partial charge >= 0.3 is 12.1 Å². The first kappa shape index (κ1) is 33.6. The van der Waals surface area contributed by atoms with Crippen LogP contribution in [0.5, 0.6) is 0 Å². The predicted molar refractivity (Wildman–Crippen MR) is 171 cm³/mol. The molecular formula is C36H48F2N2O4. The van der Waals surface area contributed by atoms with E-state index in [2.05, 4.69) is 17.9 Å². The van der Waals surface area contributed by atoms with Crippen LogP contribution in [0.15, 0.2) is 42.6 Å². The Morgan fingerprint density at radius 3 is 2.16 bits per heavy atom. The molecule has 2 atom stereocenters. The van der Waals surface area contributed by atoms with E-state index in [1.165, 1.54) is 5.56 Å². The van der Waals surface area contributed by atoms with Crippen molar-refractivity contribution < 1.29 is 27.8 Å². The molecule has 0 amide bonds. The summed E-state index contributed by atoms with van der Waals surface area (Å²) in [6, 6.07) is 11.8. The molecule has 1 saturated heterocycles. The molecule has 3 aromatic rings. The molecule has 0 aliphatic carbocycles. The lowest BCUT2D eigenvalue weighted by Crippen LogP contribution is -2.27. The molecule has 1 aliphatic heterocycles. The number of nitrogens with zero attached hydrogens (tertiary/aromatic N) is 2. The molecule has 240 valence electrons. The summed E-state index contributed by atoms with van der Waals surface area (Å²) in [6.45, 7) is 17.1. The van der Waals surface area contributed by atoms with Crippen LogP contribution in [0.4, 0.5) is 13.6 Å². The minimum atomic E-state index is -2.32. The highest BCUT2D eigenvalue weighted by Gasteiger charge is 2.30. The predicted octanol–water partition coefficient (Wildman–Crippen LogP) is 8.69. The van der Waals surface area contributed by atoms with Crippen LogP contribution in [-0.2, 0) is 15.9 Å². The molecule has 8 heteroatoms. The van der Waals surface area contributed by atoms with Crippen molar-refractivity contribution in [2.45, 2.75) is 105 Å². The fourth-order valence-electron chi connectivity index (χ4n) is 6.38. The third-order valence-electron chi connectivity index (χ3n) is 8.33. The first-order chi connectivity index (χ1) is 20.5. The van der Waals surface area contributed by atoms with E-state index < -0.39 is 23.7 Å². The minimum absolute atomic E-state index is 0.129. The van der Waals surface area contributed by atoms with Gasteiger partial charge in [0.15, 0.2) is 0 Å². The van der Waals surface area contributed by atoms with Crippen molar-refractivity contribution in [3.05, 3.63) is 70.4 Å². The van der Waals surface area contributed by atoms with Crippen LogP contribution in [0.2, 0.25) is 0 Å². The second kappa shape index (κ2) is 13.4. The molecule has 0 bridgehead atoms. The van der Waals surface area contributed by atoms with Crippen molar-refractivity contribution in [1.29, 1.82) is 0 Å². The number of rotatable bonds is 7. The molecule has 1 fully saturated rings. The number of carbonyl (C=O) groups excluding carboxylic acids is 2. The van der Waals surface area contributed by atoms with Crippen molar-refractivity contribution in [3.63, 3.8) is 0 Å². The Bertz CT molecular complexity index is 1460. The number of aryl methyl sites for hydroxylation is 2. The molecular weight excluding hydrogens is 562 g/mol. The molecule has 0 N–H and O–H groups in total. The van der Waals surface area contributed by atoms with Crippen molar-refractivity contribution in [1.82, 2.24) is 9.47 Å². The smallest absolute Gasteiger partial charge is 0.418 e. The zero-order chi connectivity index (χ0) is 32.4. The maximum atomic E-state index is 13.1. The molecule has 1 aromatic heterocycles. The first-order valence-electron chi connectivity index (χ1n) is 15.7. The normalized spacial score (nSPS) is 18.4. The Kier molecular flexibility index (Phi) is 10.2. The summed E-state index contributed by atoms with van der Waals surface area (Å²) in [6.07, 6.45) is 1.40. The van der Waals surface area contributed by atoms with Gasteiger partial charge in [-0.3, -0.25) is 4.57 Å². The Labute approximate surface area is 260 Å². The number of alkyl halides is 2. The van der Waals surface area contributed by atoms with E-state index in [0.29, 0.717) is 12.1 Å². The Morgan fingerprint density at radius 2 is 1.55 bits per heavy atom. The van der Waals surface area contributed by atoms with Gasteiger partial charge < -0.3 is 14.4 Å². The zero-order valence-electron chi connectivity index (χ0n) is 27.5. The average Bonchev–Trinajstić information content (AvgIpc) is 3.26. The van der Waals surface area contributed by atoms with Crippen LogP contribution >= 0.6 is 0 Å². The van der Waals surface area contributed by atoms with Crippen LogP contribution in [0.25, 0.3) is 10.9 Å². The summed E-state index contributed by atoms with van der Waals surface area (Å²) in [5.74, 6) is 0.0446. The van der Waals surface area contributed by atoms with Gasteiger partial charge in [-0.2, -0.15) is 0 Å². The SMILES string of the molecule is Cc1cc(C)c2c(ccn2C(=O)OC(C)(C)C)c1C[C@@H]1CCN(CCC(F)F)CC[C@H]1c1ccc(C(=O)OC(C)(C)C)cc1. The number of ether oxygens (including phenoxy) is 2. The highest BCUT2D eigenvalue weighted by Crippen LogP contribution is 2.39. The molecule has 0 unspecified atom stereocenters. The Morgan fingerprint density at radius 1 is 0.909 bits per heavy atom. The average molecular weight is 611 g/mol. The Balaban J connectivity index is 1.68. The number of carbonyl (C=O) groups is 2. The summed E-state index contributed by atoms with van der Waals surface area (Å²) < 4.78 is 39.0. The lowest BCUT2D eigenvalue weighted by Gasteiger charge is -2.27. The Hall–Kier alpha value is -3.26. The molecule has 0 spiro atoms. The van der Waals surface area contributed by atoms with E-state index in [1.807, 2.05) is 78.8 Å². The number of benzene rings is 2. The number of hydrogen-bond donors (Lipinski definition) is 0. The first-order valence-corrected chi connectivity index (χ1v) is 15.7. The third-order valence-corrected chi connectivity index (χ3v) is 8.33. The van der Waals surface area contributed by atoms with E-state index in [9.17, 15) is 18.4 Å². The second-order valence-corrected chi connectivity index (χ2v) is 14.2. The van der Waals surface area contributed by atoms with Crippen molar-refractivity contribution in [3.8, 4) is 0 Å². The van der Waals surface area contributed by atoms with E-state index in [4.69, 9.17) is 9.47 Å². The van der Waals surface area contributed by atoms with Crippen molar-refractivity contribution in [2.75, 3.05) is 19.6 Å². The number of halogens is 2. The summed E-state index contributed by atoms with van der Waals surface area (Å²) in [5.41, 5.74) is 4.65. The zero-order valence-corrected chi connectivity index (χ0v) is 27.5. The highest BCUT2D eigenvalue weighted by molar-refractivity contribution is 5.94. The number of aromatic nitrogens is 1. The fourth-order valence-corrected chi connectivity index (χ4v) is 6.38. The van der Waals surface area contributed by atoms with Crippen LogP contribution in [-0.4, -0.2) is 58.8 Å². The molecule has 0 radical (unpaired) electrons. The summed E-state index contributed by atoms with van der Waals surface area (Å²) in [4.78, 5) is 27.9. The maximum absolute atomic E-state index is 13.1. The van der Waals surface area contributed by atoms with E-state index in [1.54, 1.807) is 10.8 Å². The van der Waals surface area contributed by atoms with Crippen LogP contribution in [0.1, 0.15) is 99.3 Å². The number of hydrogen-bond acceptors (Lipinski definition) is 5. The molecule has 6 nitrogen and oxygen atoms in total. The molecule has 2 aromatic carbocycles. The molecule has 1 aliphatic rings. The molecule has 2 heterocycles. The summed E-state index contributed by atoms with van der Waals surface area (Å²) in [5, 5.41) is 1.03. The number of esters is 1. The van der Waals surface area contributed by atoms with Crippen molar-refractivity contribution >= 4 is 23.0 Å². The summed E-state index contributed by atoms with van der Waals surface area (Å²) >= 11 is 0. The highest BCUT2D eigenvalue weighted by atomic mass is 19.3. The third kappa shape index (κ3) is 8.46. The van der Waals surface area contributed by atoms with Gasteiger partial charge in [0.2, 0.25) is 6.43 Å². The van der Waals surface area contributed by atoms with E-state index >= 15 is 0 Å². The lowest BCUT2D eigenvalue weighted by molar-refractivity contribution is 0.00691.